The molecule has 5 rings (SSSR count). The molecule has 1 aromatic heterocycles. The van der Waals surface area contributed by atoms with Crippen molar-refractivity contribution in [2.45, 2.75) is 44.4 Å². The first kappa shape index (κ1) is 20.3. The average Bonchev–Trinajstić information content (AvgIpc) is 3.24. The van der Waals surface area contributed by atoms with Crippen molar-refractivity contribution in [3.8, 4) is 0 Å². The van der Waals surface area contributed by atoms with Crippen molar-refractivity contribution in [2.24, 2.45) is 0 Å². The van der Waals surface area contributed by atoms with Gasteiger partial charge in [-0.15, -0.1) is 0 Å². The molecule has 1 amide bonds. The number of nitrogens with zero attached hydrogens (tertiary/aromatic N) is 2. The first-order chi connectivity index (χ1) is 15.2. The summed E-state index contributed by atoms with van der Waals surface area (Å²) >= 11 is 0. The van der Waals surface area contributed by atoms with Crippen molar-refractivity contribution < 1.29 is 9.18 Å². The van der Waals surface area contributed by atoms with Crippen LogP contribution in [0.15, 0.2) is 48.7 Å². The number of para-hydroxylation sites is 1. The van der Waals surface area contributed by atoms with Crippen LogP contribution in [-0.2, 0) is 11.2 Å². The molecule has 0 saturated carbocycles. The van der Waals surface area contributed by atoms with Gasteiger partial charge >= 0.3 is 0 Å². The van der Waals surface area contributed by atoms with Gasteiger partial charge in [0.2, 0.25) is 5.91 Å². The molecule has 2 aromatic carbocycles. The molecule has 2 aliphatic heterocycles. The van der Waals surface area contributed by atoms with Gasteiger partial charge in [0.25, 0.3) is 0 Å². The second-order valence-corrected chi connectivity index (χ2v) is 8.90. The maximum atomic E-state index is 14.3. The van der Waals surface area contributed by atoms with Crippen LogP contribution in [0.2, 0.25) is 0 Å². The van der Waals surface area contributed by atoms with E-state index < -0.39 is 0 Å². The van der Waals surface area contributed by atoms with Gasteiger partial charge in [0.05, 0.1) is 0 Å². The highest BCUT2D eigenvalue weighted by Gasteiger charge is 2.25. The molecule has 1 fully saturated rings. The van der Waals surface area contributed by atoms with Gasteiger partial charge in [0.1, 0.15) is 5.82 Å². The van der Waals surface area contributed by atoms with E-state index in [-0.39, 0.29) is 11.7 Å². The number of rotatable bonds is 6. The third-order valence-electron chi connectivity index (χ3n) is 7.01. The third-order valence-corrected chi connectivity index (χ3v) is 7.01. The van der Waals surface area contributed by atoms with Crippen LogP contribution < -0.4 is 4.90 Å². The Bertz CT molecular complexity index is 1070. The van der Waals surface area contributed by atoms with Crippen LogP contribution in [0, 0.1) is 5.82 Å². The summed E-state index contributed by atoms with van der Waals surface area (Å²) in [6.45, 7) is 3.98. The molecule has 1 N–H and O–H groups in total. The summed E-state index contributed by atoms with van der Waals surface area (Å²) in [5.41, 5.74) is 4.42. The van der Waals surface area contributed by atoms with Crippen LogP contribution in [0.1, 0.15) is 49.1 Å². The van der Waals surface area contributed by atoms with Crippen LogP contribution in [0.25, 0.3) is 10.9 Å². The maximum absolute atomic E-state index is 14.3. The Labute approximate surface area is 183 Å². The number of likely N-dealkylation sites (tertiary alicyclic amines) is 1. The number of piperidine rings is 1. The summed E-state index contributed by atoms with van der Waals surface area (Å²) in [7, 11) is 0. The number of carbonyl (C=O) groups excluding carboxylic acids is 1. The smallest absolute Gasteiger partial charge is 0.227 e. The van der Waals surface area contributed by atoms with E-state index in [1.165, 1.54) is 5.56 Å². The van der Waals surface area contributed by atoms with Crippen molar-refractivity contribution in [1.82, 2.24) is 9.88 Å². The third kappa shape index (κ3) is 4.11. The fourth-order valence-corrected chi connectivity index (χ4v) is 5.30. The number of aromatic nitrogens is 1. The van der Waals surface area contributed by atoms with Gasteiger partial charge in [0, 0.05) is 35.8 Å². The lowest BCUT2D eigenvalue weighted by Gasteiger charge is -2.32. The Morgan fingerprint density at radius 1 is 0.968 bits per heavy atom. The highest BCUT2D eigenvalue weighted by atomic mass is 19.1. The Balaban J connectivity index is 1.11. The van der Waals surface area contributed by atoms with E-state index in [2.05, 4.69) is 28.1 Å². The summed E-state index contributed by atoms with van der Waals surface area (Å²) in [5.74, 6) is 0.555. The van der Waals surface area contributed by atoms with Crippen LogP contribution in [0.5, 0.6) is 0 Å². The summed E-state index contributed by atoms with van der Waals surface area (Å²) in [6.07, 6.45) is 7.74. The van der Waals surface area contributed by atoms with Gasteiger partial charge in [-0.25, -0.2) is 4.39 Å². The Hall–Kier alpha value is -2.66. The molecule has 0 atom stereocenters. The lowest BCUT2D eigenvalue weighted by molar-refractivity contribution is -0.118. The molecule has 3 aromatic rings. The molecule has 1 saturated heterocycles. The number of carbonyl (C=O) groups is 1. The normalized spacial score (nSPS) is 18.0. The largest absolute Gasteiger partial charge is 0.361 e. The molecule has 5 heteroatoms. The monoisotopic (exact) mass is 419 g/mol. The van der Waals surface area contributed by atoms with Crippen molar-refractivity contribution in [3.05, 3.63) is 65.6 Å². The summed E-state index contributed by atoms with van der Waals surface area (Å²) < 4.78 is 14.3. The number of halogens is 1. The number of fused-ring (bicyclic) bond motifs is 2. The number of hydrogen-bond donors (Lipinski definition) is 1. The molecule has 31 heavy (non-hydrogen) atoms. The zero-order valence-electron chi connectivity index (χ0n) is 17.9. The molecule has 4 nitrogen and oxygen atoms in total. The van der Waals surface area contributed by atoms with Crippen molar-refractivity contribution in [1.29, 1.82) is 0 Å². The number of anilines is 1. The first-order valence-corrected chi connectivity index (χ1v) is 11.6. The standard InChI is InChI=1S/C26H30FN3O/c27-22-7-5-8-23-26(22)21(18-28-23)19-12-16-29(17-13-19)14-3-4-15-30-24-9-2-1-6-20(24)10-11-25(30)31/h1-2,5-9,18-19,28H,3-4,10-17H2. The molecule has 0 spiro atoms. The molecule has 0 unspecified atom stereocenters. The topological polar surface area (TPSA) is 39.3 Å². The first-order valence-electron chi connectivity index (χ1n) is 11.6. The quantitative estimate of drug-likeness (QED) is 0.555. The molecule has 0 bridgehead atoms. The SMILES string of the molecule is O=C1CCc2ccccc2N1CCCCN1CCC(c2c[nH]c3cccc(F)c23)CC1. The van der Waals surface area contributed by atoms with Crippen molar-refractivity contribution >= 4 is 22.5 Å². The van der Waals surface area contributed by atoms with Gasteiger partial charge < -0.3 is 14.8 Å². The van der Waals surface area contributed by atoms with Gasteiger partial charge in [-0.3, -0.25) is 4.79 Å². The van der Waals surface area contributed by atoms with E-state index in [0.29, 0.717) is 12.3 Å². The molecular weight excluding hydrogens is 389 g/mol. The van der Waals surface area contributed by atoms with Crippen molar-refractivity contribution in [2.75, 3.05) is 31.1 Å². The van der Waals surface area contributed by atoms with E-state index in [9.17, 15) is 9.18 Å². The molecule has 162 valence electrons. The summed E-state index contributed by atoms with van der Waals surface area (Å²) in [6, 6.07) is 13.6. The van der Waals surface area contributed by atoms with Gasteiger partial charge in [-0.05, 0) is 87.0 Å². The Morgan fingerprint density at radius 3 is 2.65 bits per heavy atom. The summed E-state index contributed by atoms with van der Waals surface area (Å²) in [5, 5.41) is 0.771. The minimum atomic E-state index is -0.120. The second kappa shape index (κ2) is 8.83. The van der Waals surface area contributed by atoms with E-state index in [1.54, 1.807) is 12.1 Å². The number of aromatic amines is 1. The number of benzene rings is 2. The zero-order chi connectivity index (χ0) is 21.2. The number of unbranched alkanes of at least 4 members (excludes halogenated alkanes) is 1. The van der Waals surface area contributed by atoms with E-state index in [1.807, 2.05) is 23.2 Å². The average molecular weight is 420 g/mol. The van der Waals surface area contributed by atoms with E-state index in [4.69, 9.17) is 0 Å². The maximum Gasteiger partial charge on any atom is 0.227 e. The molecule has 0 radical (unpaired) electrons. The molecule has 0 aliphatic carbocycles. The number of amides is 1. The highest BCUT2D eigenvalue weighted by Crippen LogP contribution is 2.34. The fraction of sp³-hybridized carbons (Fsp3) is 0.423. The van der Waals surface area contributed by atoms with Crippen LogP contribution in [0.4, 0.5) is 10.1 Å². The lowest BCUT2D eigenvalue weighted by Crippen LogP contribution is -2.37. The van der Waals surface area contributed by atoms with E-state index in [0.717, 1.165) is 80.4 Å². The summed E-state index contributed by atoms with van der Waals surface area (Å²) in [4.78, 5) is 20.1. The van der Waals surface area contributed by atoms with Gasteiger partial charge in [0.15, 0.2) is 0 Å². The lowest BCUT2D eigenvalue weighted by atomic mass is 9.89. The number of H-pyrrole nitrogens is 1. The van der Waals surface area contributed by atoms with Crippen LogP contribution in [0.3, 0.4) is 0 Å². The number of aryl methyl sites for hydroxylation is 1. The zero-order valence-corrected chi connectivity index (χ0v) is 17.9. The second-order valence-electron chi connectivity index (χ2n) is 8.90. The molecule has 3 heterocycles. The van der Waals surface area contributed by atoms with Gasteiger partial charge in [-0.1, -0.05) is 24.3 Å². The predicted molar refractivity (Wildman–Crippen MR) is 123 cm³/mol. The predicted octanol–water partition coefficient (Wildman–Crippen LogP) is 5.25. The van der Waals surface area contributed by atoms with E-state index >= 15 is 0 Å². The minimum Gasteiger partial charge on any atom is -0.361 e. The number of hydrogen-bond acceptors (Lipinski definition) is 2. The Morgan fingerprint density at radius 2 is 1.77 bits per heavy atom. The minimum absolute atomic E-state index is 0.120. The van der Waals surface area contributed by atoms with Crippen LogP contribution >= 0.6 is 0 Å². The number of nitrogens with one attached hydrogen (secondary N) is 1. The van der Waals surface area contributed by atoms with Crippen LogP contribution in [-0.4, -0.2) is 42.0 Å². The van der Waals surface area contributed by atoms with Gasteiger partial charge in [-0.2, -0.15) is 0 Å². The Kier molecular flexibility index (Phi) is 5.77. The highest BCUT2D eigenvalue weighted by molar-refractivity contribution is 5.96. The fourth-order valence-electron chi connectivity index (χ4n) is 5.30. The molecule has 2 aliphatic rings. The molecular formula is C26H30FN3O. The van der Waals surface area contributed by atoms with Crippen molar-refractivity contribution in [3.63, 3.8) is 0 Å².